The Kier molecular flexibility index (Phi) is 4.64. The van der Waals surface area contributed by atoms with E-state index in [0.717, 1.165) is 59.2 Å². The molecule has 0 heterocycles. The standard InChI is InChI=1S/C36H22O2S/c37-39(38,24-18-20-32-28-13-4-3-11-26(28)27-12-5-6-15-30(27)34(32)21-24)36-22-35-25-10-2-1-9-23(25)17-19-31(35)29-14-7-8-16-33(29)36/h1-22H. The first-order valence-corrected chi connectivity index (χ1v) is 14.5. The van der Waals surface area contributed by atoms with Crippen LogP contribution in [0.2, 0.25) is 0 Å². The highest BCUT2D eigenvalue weighted by atomic mass is 32.2. The summed E-state index contributed by atoms with van der Waals surface area (Å²) >= 11 is 0. The normalized spacial score (nSPS) is 12.3. The van der Waals surface area contributed by atoms with Crippen LogP contribution < -0.4 is 0 Å². The molecule has 0 radical (unpaired) electrons. The molecule has 0 amide bonds. The van der Waals surface area contributed by atoms with E-state index < -0.39 is 9.84 Å². The fourth-order valence-corrected chi connectivity index (χ4v) is 7.75. The van der Waals surface area contributed by atoms with Gasteiger partial charge in [0, 0.05) is 5.39 Å². The van der Waals surface area contributed by atoms with E-state index in [2.05, 4.69) is 48.5 Å². The first-order valence-electron chi connectivity index (χ1n) is 13.0. The zero-order chi connectivity index (χ0) is 26.1. The van der Waals surface area contributed by atoms with Crippen LogP contribution in [0.15, 0.2) is 143 Å². The molecule has 0 bridgehead atoms. The van der Waals surface area contributed by atoms with E-state index >= 15 is 0 Å². The minimum atomic E-state index is -3.84. The third-order valence-electron chi connectivity index (χ3n) is 8.04. The highest BCUT2D eigenvalue weighted by Crippen LogP contribution is 2.40. The highest BCUT2D eigenvalue weighted by Gasteiger charge is 2.23. The van der Waals surface area contributed by atoms with Crippen LogP contribution in [-0.4, -0.2) is 8.42 Å². The molecule has 0 N–H and O–H groups in total. The summed E-state index contributed by atoms with van der Waals surface area (Å²) in [5.41, 5.74) is 0. The van der Waals surface area contributed by atoms with Crippen molar-refractivity contribution in [3.8, 4) is 0 Å². The van der Waals surface area contributed by atoms with Gasteiger partial charge in [0.1, 0.15) is 0 Å². The van der Waals surface area contributed by atoms with Crippen LogP contribution in [0.4, 0.5) is 0 Å². The molecule has 0 fully saturated rings. The molecule has 0 aliphatic rings. The summed E-state index contributed by atoms with van der Waals surface area (Å²) in [7, 11) is -3.84. The van der Waals surface area contributed by atoms with Gasteiger partial charge in [0.2, 0.25) is 9.84 Å². The topological polar surface area (TPSA) is 34.1 Å². The minimum absolute atomic E-state index is 0.306. The van der Waals surface area contributed by atoms with E-state index in [1.54, 1.807) is 6.07 Å². The number of rotatable bonds is 2. The molecule has 0 aliphatic carbocycles. The van der Waals surface area contributed by atoms with Gasteiger partial charge in [0.15, 0.2) is 0 Å². The monoisotopic (exact) mass is 518 g/mol. The van der Waals surface area contributed by atoms with Gasteiger partial charge in [-0.15, -0.1) is 0 Å². The van der Waals surface area contributed by atoms with Gasteiger partial charge in [-0.2, -0.15) is 0 Å². The quantitative estimate of drug-likeness (QED) is 0.214. The maximum absolute atomic E-state index is 14.5. The zero-order valence-corrected chi connectivity index (χ0v) is 21.7. The lowest BCUT2D eigenvalue weighted by Crippen LogP contribution is -2.03. The minimum Gasteiger partial charge on any atom is -0.218 e. The fraction of sp³-hybridized carbons (Fsp3) is 0. The number of benzene rings is 8. The van der Waals surface area contributed by atoms with Crippen LogP contribution >= 0.6 is 0 Å². The van der Waals surface area contributed by atoms with Gasteiger partial charge in [0.05, 0.1) is 9.79 Å². The van der Waals surface area contributed by atoms with Crippen molar-refractivity contribution >= 4 is 74.5 Å². The lowest BCUT2D eigenvalue weighted by molar-refractivity contribution is 0.597. The third kappa shape index (κ3) is 3.17. The van der Waals surface area contributed by atoms with Crippen LogP contribution in [0.3, 0.4) is 0 Å². The molecule has 0 saturated heterocycles. The van der Waals surface area contributed by atoms with Crippen molar-refractivity contribution in [3.63, 3.8) is 0 Å². The number of hydrogen-bond acceptors (Lipinski definition) is 2. The molecule has 3 heteroatoms. The van der Waals surface area contributed by atoms with E-state index in [-0.39, 0.29) is 0 Å². The van der Waals surface area contributed by atoms with Crippen LogP contribution in [-0.2, 0) is 9.84 Å². The summed E-state index contributed by atoms with van der Waals surface area (Å²) < 4.78 is 28.9. The van der Waals surface area contributed by atoms with E-state index in [4.69, 9.17) is 0 Å². The average Bonchev–Trinajstić information content (AvgIpc) is 3.00. The molecule has 8 aromatic carbocycles. The van der Waals surface area contributed by atoms with Crippen LogP contribution in [0.25, 0.3) is 64.6 Å². The number of sulfone groups is 1. The van der Waals surface area contributed by atoms with Gasteiger partial charge >= 0.3 is 0 Å². The lowest BCUT2D eigenvalue weighted by Gasteiger charge is -2.15. The summed E-state index contributed by atoms with van der Waals surface area (Å²) in [6, 6.07) is 44.2. The molecule has 184 valence electrons. The molecule has 0 saturated carbocycles. The molecule has 0 aromatic heterocycles. The van der Waals surface area contributed by atoms with Gasteiger partial charge < -0.3 is 0 Å². The first-order chi connectivity index (χ1) is 19.1. The molecular weight excluding hydrogens is 496 g/mol. The Morgan fingerprint density at radius 3 is 1.36 bits per heavy atom. The molecule has 2 nitrogen and oxygen atoms in total. The Morgan fingerprint density at radius 1 is 0.333 bits per heavy atom. The fourth-order valence-electron chi connectivity index (χ4n) is 6.23. The molecule has 39 heavy (non-hydrogen) atoms. The zero-order valence-electron chi connectivity index (χ0n) is 20.9. The van der Waals surface area contributed by atoms with Gasteiger partial charge in [-0.1, -0.05) is 115 Å². The van der Waals surface area contributed by atoms with Crippen molar-refractivity contribution in [2.75, 3.05) is 0 Å². The molecule has 0 atom stereocenters. The van der Waals surface area contributed by atoms with Gasteiger partial charge in [-0.05, 0) is 77.4 Å². The van der Waals surface area contributed by atoms with Crippen LogP contribution in [0.1, 0.15) is 0 Å². The van der Waals surface area contributed by atoms with Crippen molar-refractivity contribution in [1.82, 2.24) is 0 Å². The smallest absolute Gasteiger partial charge is 0.207 e. The molecule has 8 rings (SSSR count). The Balaban J connectivity index is 1.47. The highest BCUT2D eigenvalue weighted by molar-refractivity contribution is 7.91. The number of hydrogen-bond donors (Lipinski definition) is 0. The first kappa shape index (κ1) is 22.3. The summed E-state index contributed by atoms with van der Waals surface area (Å²) in [5, 5.41) is 12.3. The second kappa shape index (κ2) is 8.13. The second-order valence-corrected chi connectivity index (χ2v) is 12.0. The summed E-state index contributed by atoms with van der Waals surface area (Å²) in [4.78, 5) is 0.645. The largest absolute Gasteiger partial charge is 0.218 e. The Labute approximate surface area is 225 Å². The third-order valence-corrected chi connectivity index (χ3v) is 9.84. The Morgan fingerprint density at radius 2 is 0.744 bits per heavy atom. The van der Waals surface area contributed by atoms with E-state index in [1.165, 1.54) is 5.39 Å². The molecule has 8 aromatic rings. The molecule has 0 unspecified atom stereocenters. The van der Waals surface area contributed by atoms with E-state index in [9.17, 15) is 8.42 Å². The van der Waals surface area contributed by atoms with Crippen LogP contribution in [0.5, 0.6) is 0 Å². The summed E-state index contributed by atoms with van der Waals surface area (Å²) in [6.45, 7) is 0. The predicted molar refractivity (Wildman–Crippen MR) is 163 cm³/mol. The maximum Gasteiger partial charge on any atom is 0.207 e. The number of fused-ring (bicyclic) bond motifs is 11. The maximum atomic E-state index is 14.5. The SMILES string of the molecule is O=S(=O)(c1ccc2c3ccccc3c3ccccc3c2c1)c1cc2c3ccccc3ccc2c2ccccc12. The predicted octanol–water partition coefficient (Wildman–Crippen LogP) is 9.44. The van der Waals surface area contributed by atoms with Crippen molar-refractivity contribution < 1.29 is 8.42 Å². The van der Waals surface area contributed by atoms with Crippen LogP contribution in [0, 0.1) is 0 Å². The van der Waals surface area contributed by atoms with E-state index in [1.807, 2.05) is 78.9 Å². The molecular formula is C36H22O2S. The van der Waals surface area contributed by atoms with Crippen molar-refractivity contribution in [3.05, 3.63) is 133 Å². The van der Waals surface area contributed by atoms with Gasteiger partial charge in [-0.25, -0.2) is 8.42 Å². The second-order valence-electron chi connectivity index (χ2n) is 10.1. The summed E-state index contributed by atoms with van der Waals surface area (Å²) in [5.74, 6) is 0. The lowest BCUT2D eigenvalue weighted by atomic mass is 9.94. The van der Waals surface area contributed by atoms with Crippen molar-refractivity contribution in [1.29, 1.82) is 0 Å². The van der Waals surface area contributed by atoms with Gasteiger partial charge in [-0.3, -0.25) is 0 Å². The Hall–Kier alpha value is -4.73. The molecule has 0 spiro atoms. The molecule has 0 aliphatic heterocycles. The van der Waals surface area contributed by atoms with Gasteiger partial charge in [0.25, 0.3) is 0 Å². The van der Waals surface area contributed by atoms with Crippen molar-refractivity contribution in [2.45, 2.75) is 9.79 Å². The Bertz CT molecular complexity index is 2370. The average molecular weight is 519 g/mol. The van der Waals surface area contributed by atoms with E-state index in [0.29, 0.717) is 9.79 Å². The summed E-state index contributed by atoms with van der Waals surface area (Å²) in [6.07, 6.45) is 0. The van der Waals surface area contributed by atoms with Crippen molar-refractivity contribution in [2.24, 2.45) is 0 Å².